The first-order valence-electron chi connectivity index (χ1n) is 9.90. The number of nitro benzene ring substituents is 1. The molecule has 0 aliphatic carbocycles. The van der Waals surface area contributed by atoms with Gasteiger partial charge in [0.25, 0.3) is 11.6 Å². The third-order valence-electron chi connectivity index (χ3n) is 5.65. The number of rotatable bonds is 4. The average molecular weight is 526 g/mol. The highest BCUT2D eigenvalue weighted by Crippen LogP contribution is 2.40. The summed E-state index contributed by atoms with van der Waals surface area (Å²) in [5.74, 6) is -0.486. The quantitative estimate of drug-likeness (QED) is 0.246. The summed E-state index contributed by atoms with van der Waals surface area (Å²) in [7, 11) is 0. The van der Waals surface area contributed by atoms with Gasteiger partial charge in [-0.15, -0.1) is 0 Å². The number of hydrogen-bond acceptors (Lipinski definition) is 5. The third kappa shape index (κ3) is 3.61. The zero-order chi connectivity index (χ0) is 23.3. The fraction of sp³-hybridized carbons (Fsp3) is 0.0833. The van der Waals surface area contributed by atoms with Gasteiger partial charge in [0, 0.05) is 28.2 Å². The SMILES string of the molecule is O=C1c2oc3ccc(Br)cc3c(=O)c2C(c2ccc([N+](=O)[O-])cc2)N1Cc1ccccc1Cl. The van der Waals surface area contributed by atoms with E-state index < -0.39 is 16.9 Å². The second-order valence-corrected chi connectivity index (χ2v) is 8.91. The monoisotopic (exact) mass is 524 g/mol. The fourth-order valence-electron chi connectivity index (χ4n) is 4.09. The Balaban J connectivity index is 1.72. The van der Waals surface area contributed by atoms with Gasteiger partial charge >= 0.3 is 0 Å². The van der Waals surface area contributed by atoms with Gasteiger partial charge in [-0.2, -0.15) is 0 Å². The molecule has 1 unspecified atom stereocenters. The Morgan fingerprint density at radius 3 is 2.48 bits per heavy atom. The van der Waals surface area contributed by atoms with Crippen LogP contribution in [0.4, 0.5) is 5.69 Å². The van der Waals surface area contributed by atoms with Crippen LogP contribution in [0.25, 0.3) is 11.0 Å². The van der Waals surface area contributed by atoms with Crippen molar-refractivity contribution in [3.8, 4) is 0 Å². The summed E-state index contributed by atoms with van der Waals surface area (Å²) in [5, 5.41) is 11.9. The highest BCUT2D eigenvalue weighted by atomic mass is 79.9. The molecule has 1 amide bonds. The van der Waals surface area contributed by atoms with Crippen LogP contribution in [-0.2, 0) is 6.54 Å². The average Bonchev–Trinajstić information content (AvgIpc) is 3.08. The second kappa shape index (κ2) is 8.13. The summed E-state index contributed by atoms with van der Waals surface area (Å²) in [6.45, 7) is 0.129. The van der Waals surface area contributed by atoms with Crippen LogP contribution >= 0.6 is 27.5 Å². The first kappa shape index (κ1) is 21.4. The predicted octanol–water partition coefficient (Wildman–Crippen LogP) is 5.86. The Kier molecular flexibility index (Phi) is 5.26. The topological polar surface area (TPSA) is 93.7 Å². The number of halogens is 2. The molecule has 9 heteroatoms. The number of nitro groups is 1. The maximum absolute atomic E-state index is 13.5. The van der Waals surface area contributed by atoms with E-state index >= 15 is 0 Å². The van der Waals surface area contributed by atoms with E-state index in [-0.39, 0.29) is 29.0 Å². The van der Waals surface area contributed by atoms with Crippen LogP contribution in [0.1, 0.15) is 33.3 Å². The molecule has 0 radical (unpaired) electrons. The number of hydrogen-bond donors (Lipinski definition) is 0. The van der Waals surface area contributed by atoms with Gasteiger partial charge in [0.2, 0.25) is 5.76 Å². The highest BCUT2D eigenvalue weighted by Gasteiger charge is 2.43. The molecule has 1 aromatic heterocycles. The number of benzene rings is 3. The zero-order valence-corrected chi connectivity index (χ0v) is 19.2. The normalized spacial score (nSPS) is 15.2. The summed E-state index contributed by atoms with van der Waals surface area (Å²) in [6, 6.07) is 17.1. The minimum absolute atomic E-state index is 0.0368. The third-order valence-corrected chi connectivity index (χ3v) is 6.51. The molecule has 0 saturated heterocycles. The lowest BCUT2D eigenvalue weighted by Crippen LogP contribution is -2.29. The zero-order valence-electron chi connectivity index (χ0n) is 16.8. The van der Waals surface area contributed by atoms with Gasteiger partial charge in [0.05, 0.1) is 21.9 Å². The van der Waals surface area contributed by atoms with Crippen molar-refractivity contribution < 1.29 is 14.1 Å². The molecule has 0 saturated carbocycles. The summed E-state index contributed by atoms with van der Waals surface area (Å²) in [5.41, 5.74) is 1.35. The van der Waals surface area contributed by atoms with Crippen LogP contribution in [0.15, 0.2) is 80.4 Å². The molecule has 0 spiro atoms. The maximum atomic E-state index is 13.5. The minimum atomic E-state index is -0.788. The van der Waals surface area contributed by atoms with Gasteiger partial charge < -0.3 is 9.32 Å². The van der Waals surface area contributed by atoms with E-state index in [1.165, 1.54) is 17.0 Å². The number of carbonyl (C=O) groups excluding carboxylic acids is 1. The van der Waals surface area contributed by atoms with Gasteiger partial charge in [0.1, 0.15) is 5.58 Å². The molecule has 1 aliphatic heterocycles. The molecule has 7 nitrogen and oxygen atoms in total. The molecule has 1 atom stereocenters. The van der Waals surface area contributed by atoms with Crippen molar-refractivity contribution >= 4 is 50.1 Å². The maximum Gasteiger partial charge on any atom is 0.291 e. The van der Waals surface area contributed by atoms with E-state index in [2.05, 4.69) is 15.9 Å². The van der Waals surface area contributed by atoms with E-state index in [4.69, 9.17) is 16.0 Å². The van der Waals surface area contributed by atoms with Crippen molar-refractivity contribution in [2.75, 3.05) is 0 Å². The molecule has 1 aliphatic rings. The molecule has 3 aromatic carbocycles. The standard InChI is InChI=1S/C24H14BrClN2O5/c25-15-7-10-19-17(11-15)22(29)20-21(13-5-8-16(9-6-13)28(31)32)27(24(30)23(20)33-19)12-14-3-1-2-4-18(14)26/h1-11,21H,12H2. The van der Waals surface area contributed by atoms with E-state index in [0.29, 0.717) is 31.6 Å². The van der Waals surface area contributed by atoms with Crippen LogP contribution in [0.5, 0.6) is 0 Å². The van der Waals surface area contributed by atoms with E-state index in [1.54, 1.807) is 48.5 Å². The smallest absolute Gasteiger partial charge is 0.291 e. The van der Waals surface area contributed by atoms with E-state index in [1.807, 2.05) is 6.07 Å². The summed E-state index contributed by atoms with van der Waals surface area (Å²) < 4.78 is 6.61. The lowest BCUT2D eigenvalue weighted by atomic mass is 9.98. The van der Waals surface area contributed by atoms with Crippen molar-refractivity contribution in [1.82, 2.24) is 4.90 Å². The van der Waals surface area contributed by atoms with Gasteiger partial charge in [-0.05, 0) is 47.5 Å². The first-order valence-corrected chi connectivity index (χ1v) is 11.1. The van der Waals surface area contributed by atoms with Crippen LogP contribution in [0, 0.1) is 10.1 Å². The van der Waals surface area contributed by atoms with Crippen molar-refractivity contribution in [3.05, 3.63) is 119 Å². The van der Waals surface area contributed by atoms with Gasteiger partial charge in [-0.3, -0.25) is 19.7 Å². The Labute approximate surface area is 200 Å². The predicted molar refractivity (Wildman–Crippen MR) is 126 cm³/mol. The first-order chi connectivity index (χ1) is 15.8. The Bertz CT molecular complexity index is 1500. The minimum Gasteiger partial charge on any atom is -0.450 e. The van der Waals surface area contributed by atoms with E-state index in [0.717, 1.165) is 0 Å². The molecule has 5 rings (SSSR count). The van der Waals surface area contributed by atoms with Crippen molar-refractivity contribution in [3.63, 3.8) is 0 Å². The molecule has 0 fully saturated rings. The largest absolute Gasteiger partial charge is 0.450 e. The number of amides is 1. The van der Waals surface area contributed by atoms with Gasteiger partial charge in [-0.1, -0.05) is 45.7 Å². The molecule has 0 N–H and O–H groups in total. The van der Waals surface area contributed by atoms with Crippen LogP contribution in [0.3, 0.4) is 0 Å². The second-order valence-electron chi connectivity index (χ2n) is 7.59. The summed E-state index contributed by atoms with van der Waals surface area (Å²) >= 11 is 9.71. The molecule has 33 heavy (non-hydrogen) atoms. The highest BCUT2D eigenvalue weighted by molar-refractivity contribution is 9.10. The van der Waals surface area contributed by atoms with Crippen LogP contribution in [0.2, 0.25) is 5.02 Å². The fourth-order valence-corrected chi connectivity index (χ4v) is 4.65. The molecular weight excluding hydrogens is 512 g/mol. The molecule has 164 valence electrons. The van der Waals surface area contributed by atoms with E-state index in [9.17, 15) is 19.7 Å². The van der Waals surface area contributed by atoms with Crippen molar-refractivity contribution in [2.24, 2.45) is 0 Å². The van der Waals surface area contributed by atoms with Crippen molar-refractivity contribution in [2.45, 2.75) is 12.6 Å². The lowest BCUT2D eigenvalue weighted by molar-refractivity contribution is -0.384. The molecule has 4 aromatic rings. The summed E-state index contributed by atoms with van der Waals surface area (Å²) in [4.78, 5) is 39.1. The molecule has 2 heterocycles. The van der Waals surface area contributed by atoms with Gasteiger partial charge in [-0.25, -0.2) is 0 Å². The Hall–Kier alpha value is -3.49. The van der Waals surface area contributed by atoms with Crippen LogP contribution < -0.4 is 5.43 Å². The number of fused-ring (bicyclic) bond motifs is 2. The number of carbonyl (C=O) groups is 1. The van der Waals surface area contributed by atoms with Crippen molar-refractivity contribution in [1.29, 1.82) is 0 Å². The summed E-state index contributed by atoms with van der Waals surface area (Å²) in [6.07, 6.45) is 0. The number of non-ortho nitro benzene ring substituents is 1. The Morgan fingerprint density at radius 1 is 1.06 bits per heavy atom. The van der Waals surface area contributed by atoms with Gasteiger partial charge in [0.15, 0.2) is 5.43 Å². The Morgan fingerprint density at radius 2 is 1.79 bits per heavy atom. The lowest BCUT2D eigenvalue weighted by Gasteiger charge is -2.25. The molecule has 0 bridgehead atoms. The molecular formula is C24H14BrClN2O5. The van der Waals surface area contributed by atoms with Crippen LogP contribution in [-0.4, -0.2) is 15.7 Å². The number of nitrogens with zero attached hydrogens (tertiary/aromatic N) is 2.